The van der Waals surface area contributed by atoms with Gasteiger partial charge in [0.15, 0.2) is 17.2 Å². The zero-order valence-corrected chi connectivity index (χ0v) is 19.8. The molecule has 0 saturated carbocycles. The normalized spacial score (nSPS) is 14.5. The molecule has 0 spiro atoms. The third kappa shape index (κ3) is 3.91. The van der Waals surface area contributed by atoms with Gasteiger partial charge in [0.2, 0.25) is 28.9 Å². The van der Waals surface area contributed by atoms with Gasteiger partial charge >= 0.3 is 0 Å². The zero-order chi connectivity index (χ0) is 23.5. The number of hydrogen-bond donors (Lipinski definition) is 0. The lowest BCUT2D eigenvalue weighted by atomic mass is 10.1. The van der Waals surface area contributed by atoms with E-state index in [1.165, 1.54) is 26.0 Å². The molecule has 1 unspecified atom stereocenters. The van der Waals surface area contributed by atoms with Gasteiger partial charge in [-0.05, 0) is 24.5 Å². The average Bonchev–Trinajstić information content (AvgIpc) is 3.01. The number of methoxy groups -OCH3 is 3. The maximum Gasteiger partial charge on any atom is 0.247 e. The Bertz CT molecular complexity index is 1190. The predicted octanol–water partition coefficient (Wildman–Crippen LogP) is 4.12. The molecule has 9 nitrogen and oxygen atoms in total. The summed E-state index contributed by atoms with van der Waals surface area (Å²) in [7, 11) is 4.60. The highest BCUT2D eigenvalue weighted by Gasteiger charge is 2.38. The van der Waals surface area contributed by atoms with Crippen molar-refractivity contribution in [2.45, 2.75) is 24.7 Å². The van der Waals surface area contributed by atoms with E-state index < -0.39 is 6.23 Å². The Morgan fingerprint density at radius 3 is 2.48 bits per heavy atom. The molecule has 2 aromatic carbocycles. The first-order valence-electron chi connectivity index (χ1n) is 10.2. The Balaban J connectivity index is 2.02. The van der Waals surface area contributed by atoms with E-state index in [1.807, 2.05) is 30.5 Å². The quantitative estimate of drug-likeness (QED) is 0.495. The van der Waals surface area contributed by atoms with E-state index in [0.717, 1.165) is 0 Å². The van der Waals surface area contributed by atoms with Gasteiger partial charge < -0.3 is 18.9 Å². The molecule has 10 heteroatoms. The fourth-order valence-corrected chi connectivity index (χ4v) is 4.06. The number of para-hydroxylation sites is 1. The molecule has 1 aromatic heterocycles. The summed E-state index contributed by atoms with van der Waals surface area (Å²) < 4.78 is 23.1. The maximum atomic E-state index is 13.3. The number of carbonyl (C=O) groups is 1. The summed E-state index contributed by atoms with van der Waals surface area (Å²) in [5.74, 6) is 1.41. The van der Waals surface area contributed by atoms with Gasteiger partial charge in [0.05, 0.1) is 32.6 Å². The summed E-state index contributed by atoms with van der Waals surface area (Å²) in [6.45, 7) is 1.80. The number of amides is 1. The van der Waals surface area contributed by atoms with Crippen LogP contribution in [0.1, 0.15) is 25.1 Å². The first-order valence-corrected chi connectivity index (χ1v) is 11.5. The van der Waals surface area contributed by atoms with Gasteiger partial charge in [-0.2, -0.15) is 4.98 Å². The standard InChI is InChI=1S/C23H24N4O5S/c1-6-17(28)27-15-10-8-7-9-13(15)18-21(24-23(33-5)26-25-18)32-22(27)14-11-12-16(29-2)20(31-4)19(14)30-3/h7-12,22H,6H2,1-5H3. The van der Waals surface area contributed by atoms with Gasteiger partial charge in [-0.1, -0.05) is 36.9 Å². The van der Waals surface area contributed by atoms with Crippen LogP contribution < -0.4 is 23.8 Å². The van der Waals surface area contributed by atoms with Crippen molar-refractivity contribution in [1.29, 1.82) is 0 Å². The summed E-state index contributed by atoms with van der Waals surface area (Å²) in [4.78, 5) is 19.5. The van der Waals surface area contributed by atoms with Crippen molar-refractivity contribution in [3.05, 3.63) is 42.0 Å². The number of aromatic nitrogens is 3. The molecule has 0 saturated heterocycles. The number of thioether (sulfide) groups is 1. The molecule has 0 fully saturated rings. The van der Waals surface area contributed by atoms with Gasteiger partial charge in [-0.3, -0.25) is 9.69 Å². The Morgan fingerprint density at radius 1 is 1.06 bits per heavy atom. The minimum absolute atomic E-state index is 0.143. The van der Waals surface area contributed by atoms with E-state index in [4.69, 9.17) is 18.9 Å². The highest BCUT2D eigenvalue weighted by molar-refractivity contribution is 7.98. The number of hydrogen-bond acceptors (Lipinski definition) is 9. The molecular formula is C23H24N4O5S. The summed E-state index contributed by atoms with van der Waals surface area (Å²) in [5, 5.41) is 9.01. The Kier molecular flexibility index (Phi) is 6.55. The molecule has 0 bridgehead atoms. The lowest BCUT2D eigenvalue weighted by molar-refractivity contribution is -0.120. The van der Waals surface area contributed by atoms with E-state index in [9.17, 15) is 4.79 Å². The summed E-state index contributed by atoms with van der Waals surface area (Å²) in [6.07, 6.45) is 1.21. The topological polar surface area (TPSA) is 95.9 Å². The lowest BCUT2D eigenvalue weighted by Crippen LogP contribution is -2.37. The van der Waals surface area contributed by atoms with Gasteiger partial charge in [0.25, 0.3) is 0 Å². The number of carbonyl (C=O) groups excluding carboxylic acids is 1. The van der Waals surface area contributed by atoms with E-state index in [1.54, 1.807) is 31.1 Å². The van der Waals surface area contributed by atoms with Crippen LogP contribution in [0.3, 0.4) is 0 Å². The second-order valence-corrected chi connectivity index (χ2v) is 7.75. The van der Waals surface area contributed by atoms with E-state index >= 15 is 0 Å². The minimum Gasteiger partial charge on any atom is -0.493 e. The number of fused-ring (bicyclic) bond motifs is 3. The summed E-state index contributed by atoms with van der Waals surface area (Å²) >= 11 is 1.35. The fourth-order valence-electron chi connectivity index (χ4n) is 3.76. The van der Waals surface area contributed by atoms with Crippen LogP contribution >= 0.6 is 11.8 Å². The molecule has 1 atom stereocenters. The lowest BCUT2D eigenvalue weighted by Gasteiger charge is -2.31. The van der Waals surface area contributed by atoms with Crippen molar-refractivity contribution in [3.63, 3.8) is 0 Å². The number of anilines is 1. The molecule has 0 aliphatic carbocycles. The third-order valence-electron chi connectivity index (χ3n) is 5.27. The predicted molar refractivity (Wildman–Crippen MR) is 124 cm³/mol. The number of nitrogens with zero attached hydrogens (tertiary/aromatic N) is 4. The Labute approximate surface area is 196 Å². The molecule has 33 heavy (non-hydrogen) atoms. The van der Waals surface area contributed by atoms with Crippen LogP contribution in [0.25, 0.3) is 11.3 Å². The van der Waals surface area contributed by atoms with Crippen molar-refractivity contribution in [2.24, 2.45) is 0 Å². The second kappa shape index (κ2) is 9.53. The smallest absolute Gasteiger partial charge is 0.247 e. The molecule has 4 rings (SSSR count). The molecule has 0 N–H and O–H groups in total. The van der Waals surface area contributed by atoms with Crippen molar-refractivity contribution in [1.82, 2.24) is 15.2 Å². The first-order chi connectivity index (χ1) is 16.1. The van der Waals surface area contributed by atoms with Crippen LogP contribution in [-0.2, 0) is 4.79 Å². The van der Waals surface area contributed by atoms with Crippen LogP contribution in [0.2, 0.25) is 0 Å². The molecular weight excluding hydrogens is 444 g/mol. The van der Waals surface area contributed by atoms with Crippen molar-refractivity contribution < 1.29 is 23.7 Å². The fraction of sp³-hybridized carbons (Fsp3) is 0.304. The van der Waals surface area contributed by atoms with Crippen molar-refractivity contribution in [2.75, 3.05) is 32.5 Å². The number of ether oxygens (including phenoxy) is 4. The van der Waals surface area contributed by atoms with Gasteiger partial charge in [0.1, 0.15) is 0 Å². The highest BCUT2D eigenvalue weighted by Crippen LogP contribution is 2.48. The largest absolute Gasteiger partial charge is 0.493 e. The zero-order valence-electron chi connectivity index (χ0n) is 19.0. The van der Waals surface area contributed by atoms with Crippen molar-refractivity contribution >= 4 is 23.4 Å². The molecule has 2 heterocycles. The second-order valence-electron chi connectivity index (χ2n) is 6.98. The Hall–Kier alpha value is -3.53. The molecule has 1 amide bonds. The average molecular weight is 469 g/mol. The van der Waals surface area contributed by atoms with Crippen LogP contribution in [-0.4, -0.2) is 48.7 Å². The van der Waals surface area contributed by atoms with Gasteiger partial charge in [-0.25, -0.2) is 0 Å². The number of rotatable bonds is 6. The summed E-state index contributed by atoms with van der Waals surface area (Å²) in [5.41, 5.74) is 2.37. The SMILES string of the molecule is CCC(=O)N1c2ccccc2-c2nnc(SC)nc2OC1c1ccc(OC)c(OC)c1OC. The van der Waals surface area contributed by atoms with Crippen LogP contribution in [0, 0.1) is 0 Å². The van der Waals surface area contributed by atoms with E-state index in [0.29, 0.717) is 44.9 Å². The van der Waals surface area contributed by atoms with E-state index in [2.05, 4.69) is 15.2 Å². The Morgan fingerprint density at radius 2 is 1.82 bits per heavy atom. The molecule has 1 aliphatic heterocycles. The maximum absolute atomic E-state index is 13.3. The van der Waals surface area contributed by atoms with Gasteiger partial charge in [0, 0.05) is 12.0 Å². The highest BCUT2D eigenvalue weighted by atomic mass is 32.2. The summed E-state index contributed by atoms with van der Waals surface area (Å²) in [6, 6.07) is 11.0. The third-order valence-corrected chi connectivity index (χ3v) is 5.80. The number of benzene rings is 2. The van der Waals surface area contributed by atoms with Crippen LogP contribution in [0.4, 0.5) is 5.69 Å². The molecule has 0 radical (unpaired) electrons. The molecule has 1 aliphatic rings. The first kappa shape index (κ1) is 22.7. The molecule has 172 valence electrons. The van der Waals surface area contributed by atoms with Crippen LogP contribution in [0.15, 0.2) is 41.6 Å². The monoisotopic (exact) mass is 468 g/mol. The van der Waals surface area contributed by atoms with Crippen LogP contribution in [0.5, 0.6) is 23.1 Å². The van der Waals surface area contributed by atoms with E-state index in [-0.39, 0.29) is 18.2 Å². The molecule has 3 aromatic rings. The minimum atomic E-state index is -0.902. The van der Waals surface area contributed by atoms with Gasteiger partial charge in [-0.15, -0.1) is 10.2 Å². The van der Waals surface area contributed by atoms with Crippen molar-refractivity contribution in [3.8, 4) is 34.4 Å².